The van der Waals surface area contributed by atoms with Gasteiger partial charge in [0.2, 0.25) is 5.91 Å². The summed E-state index contributed by atoms with van der Waals surface area (Å²) < 4.78 is 0. The van der Waals surface area contributed by atoms with Crippen molar-refractivity contribution in [1.82, 2.24) is 9.88 Å². The minimum absolute atomic E-state index is 0.104. The normalized spacial score (nSPS) is 13.1. The Bertz CT molecular complexity index is 1060. The Hall–Kier alpha value is -3.47. The molecule has 2 aromatic carbocycles. The topological polar surface area (TPSA) is 76.3 Å². The summed E-state index contributed by atoms with van der Waals surface area (Å²) in [6.07, 6.45) is 1.76. The van der Waals surface area contributed by atoms with Gasteiger partial charge in [-0.15, -0.1) is 0 Å². The van der Waals surface area contributed by atoms with E-state index in [9.17, 15) is 9.59 Å². The highest BCUT2D eigenvalue weighted by Crippen LogP contribution is 2.33. The molecule has 0 radical (unpaired) electrons. The highest BCUT2D eigenvalue weighted by atomic mass is 16.2. The first-order valence-corrected chi connectivity index (χ1v) is 8.28. The third kappa shape index (κ3) is 2.63. The predicted molar refractivity (Wildman–Crippen MR) is 100 cm³/mol. The molecule has 4 rings (SSSR count). The van der Waals surface area contributed by atoms with Crippen LogP contribution in [0, 0.1) is 0 Å². The molecule has 0 saturated carbocycles. The molecule has 5 heteroatoms. The van der Waals surface area contributed by atoms with Crippen LogP contribution in [0.4, 0.5) is 0 Å². The van der Waals surface area contributed by atoms with Gasteiger partial charge in [-0.1, -0.05) is 30.8 Å². The lowest BCUT2D eigenvalue weighted by Gasteiger charge is -2.15. The maximum atomic E-state index is 12.7. The molecule has 128 valence electrons. The molecule has 3 aromatic rings. The van der Waals surface area contributed by atoms with Gasteiger partial charge in [0.15, 0.2) is 0 Å². The summed E-state index contributed by atoms with van der Waals surface area (Å²) in [4.78, 5) is 29.9. The average Bonchev–Trinajstić information content (AvgIpc) is 2.98. The fourth-order valence-corrected chi connectivity index (χ4v) is 3.31. The molecule has 0 unspecified atom stereocenters. The molecular weight excluding hydrogens is 326 g/mol. The Morgan fingerprint density at radius 3 is 2.73 bits per heavy atom. The van der Waals surface area contributed by atoms with Crippen molar-refractivity contribution in [1.29, 1.82) is 0 Å². The van der Waals surface area contributed by atoms with Crippen LogP contribution >= 0.6 is 0 Å². The molecule has 5 nitrogen and oxygen atoms in total. The van der Waals surface area contributed by atoms with Gasteiger partial charge in [0.1, 0.15) is 0 Å². The molecule has 0 atom stereocenters. The number of pyridine rings is 1. The van der Waals surface area contributed by atoms with Gasteiger partial charge in [0, 0.05) is 29.4 Å². The molecule has 26 heavy (non-hydrogen) atoms. The van der Waals surface area contributed by atoms with Crippen molar-refractivity contribution in [3.8, 4) is 11.3 Å². The van der Waals surface area contributed by atoms with E-state index in [1.165, 1.54) is 0 Å². The van der Waals surface area contributed by atoms with Gasteiger partial charge in [-0.05, 0) is 40.6 Å². The number of hydrogen-bond donors (Lipinski definition) is 1. The van der Waals surface area contributed by atoms with E-state index < -0.39 is 5.91 Å². The first-order valence-electron chi connectivity index (χ1n) is 8.28. The Labute approximate surface area is 150 Å². The van der Waals surface area contributed by atoms with E-state index in [0.29, 0.717) is 12.1 Å². The van der Waals surface area contributed by atoms with E-state index in [1.807, 2.05) is 42.5 Å². The lowest BCUT2D eigenvalue weighted by atomic mass is 9.98. The van der Waals surface area contributed by atoms with Crippen LogP contribution in [0.25, 0.3) is 22.0 Å². The molecule has 0 spiro atoms. The maximum Gasteiger partial charge on any atom is 0.254 e. The quantitative estimate of drug-likeness (QED) is 0.740. The van der Waals surface area contributed by atoms with Gasteiger partial charge in [-0.3, -0.25) is 14.6 Å². The molecule has 0 bridgehead atoms. The molecule has 2 heterocycles. The van der Waals surface area contributed by atoms with Gasteiger partial charge >= 0.3 is 0 Å². The first-order chi connectivity index (χ1) is 12.5. The Balaban J connectivity index is 1.77. The van der Waals surface area contributed by atoms with Crippen LogP contribution in [0.5, 0.6) is 0 Å². The largest absolute Gasteiger partial charge is 0.366 e. The van der Waals surface area contributed by atoms with E-state index >= 15 is 0 Å². The van der Waals surface area contributed by atoms with E-state index in [0.717, 1.165) is 27.6 Å². The Morgan fingerprint density at radius 2 is 2.00 bits per heavy atom. The molecule has 0 aliphatic carbocycles. The summed E-state index contributed by atoms with van der Waals surface area (Å²) in [7, 11) is 0. The van der Waals surface area contributed by atoms with Gasteiger partial charge in [0.05, 0.1) is 12.2 Å². The zero-order valence-electron chi connectivity index (χ0n) is 14.1. The monoisotopic (exact) mass is 343 g/mol. The number of hydrogen-bond acceptors (Lipinski definition) is 3. The molecule has 1 aliphatic heterocycles. The minimum atomic E-state index is -0.587. The third-order valence-electron chi connectivity index (χ3n) is 4.69. The van der Waals surface area contributed by atoms with E-state index in [4.69, 9.17) is 5.73 Å². The lowest BCUT2D eigenvalue weighted by molar-refractivity contribution is -0.114. The molecule has 0 fully saturated rings. The van der Waals surface area contributed by atoms with Crippen LogP contribution in [-0.2, 0) is 11.3 Å². The summed E-state index contributed by atoms with van der Waals surface area (Å²) in [5.74, 6) is -0.691. The maximum absolute atomic E-state index is 12.7. The van der Waals surface area contributed by atoms with Crippen LogP contribution in [0.2, 0.25) is 0 Å². The Kier molecular flexibility index (Phi) is 3.77. The second-order valence-electron chi connectivity index (χ2n) is 6.37. The zero-order valence-corrected chi connectivity index (χ0v) is 14.1. The van der Waals surface area contributed by atoms with Crippen molar-refractivity contribution in [3.05, 3.63) is 78.0 Å². The zero-order chi connectivity index (χ0) is 18.3. The summed E-state index contributed by atoms with van der Waals surface area (Å²) in [6.45, 7) is 4.23. The molecular formula is C21H17N3O2. The number of carbonyl (C=O) groups excluding carboxylic acids is 2. The fraction of sp³-hybridized carbons (Fsp3) is 0.0952. The standard InChI is InChI=1S/C21H17N3O2/c1-13(20(22)25)11-24-12-18-16(21(24)26)8-7-14-5-6-15(10-17(14)18)19-4-2-3-9-23-19/h2-10H,1,11-12H2,(H2,22,25). The first kappa shape index (κ1) is 16.0. The van der Waals surface area contributed by atoms with E-state index in [2.05, 4.69) is 17.6 Å². The molecule has 1 aromatic heterocycles. The highest BCUT2D eigenvalue weighted by molar-refractivity contribution is 6.05. The number of nitrogens with zero attached hydrogens (tertiary/aromatic N) is 2. The predicted octanol–water partition coefficient (Wildman–Crippen LogP) is 2.90. The number of fused-ring (bicyclic) bond motifs is 3. The van der Waals surface area contributed by atoms with Crippen LogP contribution in [-0.4, -0.2) is 28.2 Å². The van der Waals surface area contributed by atoms with Crippen molar-refractivity contribution in [3.63, 3.8) is 0 Å². The highest BCUT2D eigenvalue weighted by Gasteiger charge is 2.29. The van der Waals surface area contributed by atoms with Gasteiger partial charge < -0.3 is 10.6 Å². The van der Waals surface area contributed by atoms with Crippen LogP contribution in [0.1, 0.15) is 15.9 Å². The molecule has 2 amide bonds. The number of aromatic nitrogens is 1. The number of carbonyl (C=O) groups is 2. The summed E-state index contributed by atoms with van der Waals surface area (Å²) in [5.41, 5.74) is 8.99. The number of primary amides is 1. The van der Waals surface area contributed by atoms with Gasteiger partial charge in [-0.2, -0.15) is 0 Å². The van der Waals surface area contributed by atoms with Crippen LogP contribution in [0.3, 0.4) is 0 Å². The average molecular weight is 343 g/mol. The third-order valence-corrected chi connectivity index (χ3v) is 4.69. The van der Waals surface area contributed by atoms with Crippen molar-refractivity contribution in [2.75, 3.05) is 6.54 Å². The molecule has 1 aliphatic rings. The number of rotatable bonds is 4. The SMILES string of the molecule is C=C(CN1Cc2c(ccc3ccc(-c4ccccn4)cc23)C1=O)C(N)=O. The Morgan fingerprint density at radius 1 is 1.19 bits per heavy atom. The smallest absolute Gasteiger partial charge is 0.254 e. The number of nitrogens with two attached hydrogens (primary N) is 1. The van der Waals surface area contributed by atoms with Crippen molar-refractivity contribution in [2.45, 2.75) is 6.54 Å². The van der Waals surface area contributed by atoms with Crippen LogP contribution < -0.4 is 5.73 Å². The van der Waals surface area contributed by atoms with E-state index in [-0.39, 0.29) is 18.0 Å². The number of amides is 2. The van der Waals surface area contributed by atoms with Crippen LogP contribution in [0.15, 0.2) is 66.9 Å². The van der Waals surface area contributed by atoms with Gasteiger partial charge in [0.25, 0.3) is 5.91 Å². The second kappa shape index (κ2) is 6.11. The van der Waals surface area contributed by atoms with E-state index in [1.54, 1.807) is 11.1 Å². The molecule has 2 N–H and O–H groups in total. The van der Waals surface area contributed by atoms with Crippen molar-refractivity contribution < 1.29 is 9.59 Å². The van der Waals surface area contributed by atoms with Crippen molar-refractivity contribution in [2.24, 2.45) is 5.73 Å². The van der Waals surface area contributed by atoms with Crippen molar-refractivity contribution >= 4 is 22.6 Å². The lowest BCUT2D eigenvalue weighted by Crippen LogP contribution is -2.30. The second-order valence-corrected chi connectivity index (χ2v) is 6.37. The number of benzene rings is 2. The van der Waals surface area contributed by atoms with Gasteiger partial charge in [-0.25, -0.2) is 0 Å². The summed E-state index contributed by atoms with van der Waals surface area (Å²) in [6, 6.07) is 15.7. The minimum Gasteiger partial charge on any atom is -0.366 e. The molecule has 0 saturated heterocycles. The summed E-state index contributed by atoms with van der Waals surface area (Å²) >= 11 is 0. The summed E-state index contributed by atoms with van der Waals surface area (Å²) in [5, 5.41) is 2.08. The fourth-order valence-electron chi connectivity index (χ4n) is 3.31.